The highest BCUT2D eigenvalue weighted by Gasteiger charge is 2.22. The highest BCUT2D eigenvalue weighted by Crippen LogP contribution is 2.29. The van der Waals surface area contributed by atoms with E-state index in [4.69, 9.17) is 21.1 Å². The average Bonchev–Trinajstić information content (AvgIpc) is 2.80. The molecule has 0 bridgehead atoms. The molecule has 0 aliphatic carbocycles. The molecule has 1 amide bonds. The van der Waals surface area contributed by atoms with Gasteiger partial charge in [-0.1, -0.05) is 35.9 Å². The highest BCUT2D eigenvalue weighted by molar-refractivity contribution is 7.92. The first-order valence-electron chi connectivity index (χ1n) is 10.0. The molecule has 0 aromatic heterocycles. The van der Waals surface area contributed by atoms with Crippen LogP contribution in [0.3, 0.4) is 0 Å². The van der Waals surface area contributed by atoms with E-state index in [2.05, 4.69) is 4.72 Å². The van der Waals surface area contributed by atoms with Gasteiger partial charge in [0, 0.05) is 19.2 Å². The van der Waals surface area contributed by atoms with E-state index in [0.717, 1.165) is 11.1 Å². The summed E-state index contributed by atoms with van der Waals surface area (Å²) < 4.78 is 39.1. The van der Waals surface area contributed by atoms with E-state index >= 15 is 0 Å². The van der Waals surface area contributed by atoms with Crippen molar-refractivity contribution in [1.82, 2.24) is 4.90 Å². The summed E-state index contributed by atoms with van der Waals surface area (Å²) in [4.78, 5) is 14.4. The zero-order valence-corrected chi connectivity index (χ0v) is 20.3. The van der Waals surface area contributed by atoms with Crippen LogP contribution in [0.1, 0.15) is 21.5 Å². The third kappa shape index (κ3) is 5.58. The van der Waals surface area contributed by atoms with Crippen LogP contribution < -0.4 is 14.2 Å². The van der Waals surface area contributed by atoms with Crippen molar-refractivity contribution in [1.29, 1.82) is 0 Å². The molecule has 0 heterocycles. The smallest absolute Gasteiger partial charge is 0.263 e. The standard InChI is InChI=1S/C24H25ClN2O5S/c1-16-7-5-6-8-20(16)26-33(29,30)23-14-18(10-11-19(23)25)24(28)27(2)15-17-9-12-21(31-3)22(13-17)32-4/h5-14,26H,15H2,1-4H3. The molecule has 7 nitrogen and oxygen atoms in total. The van der Waals surface area contributed by atoms with Crippen LogP contribution in [0.25, 0.3) is 0 Å². The third-order valence-corrected chi connectivity index (χ3v) is 6.92. The number of nitrogens with zero attached hydrogens (tertiary/aromatic N) is 1. The second kappa shape index (κ2) is 10.1. The topological polar surface area (TPSA) is 84.9 Å². The SMILES string of the molecule is COc1ccc(CN(C)C(=O)c2ccc(Cl)c(S(=O)(=O)Nc3ccccc3C)c2)cc1OC. The van der Waals surface area contributed by atoms with Crippen molar-refractivity contribution in [3.63, 3.8) is 0 Å². The Morgan fingerprint density at radius 1 is 1.00 bits per heavy atom. The van der Waals surface area contributed by atoms with E-state index < -0.39 is 10.0 Å². The molecule has 1 N–H and O–H groups in total. The van der Waals surface area contributed by atoms with E-state index in [-0.39, 0.29) is 27.9 Å². The molecule has 0 saturated heterocycles. The lowest BCUT2D eigenvalue weighted by Gasteiger charge is -2.19. The highest BCUT2D eigenvalue weighted by atomic mass is 35.5. The second-order valence-corrected chi connectivity index (χ2v) is 9.47. The van der Waals surface area contributed by atoms with Crippen LogP contribution in [0.5, 0.6) is 11.5 Å². The summed E-state index contributed by atoms with van der Waals surface area (Å²) in [6.07, 6.45) is 0. The molecule has 0 saturated carbocycles. The Balaban J connectivity index is 1.84. The van der Waals surface area contributed by atoms with Crippen LogP contribution in [0.4, 0.5) is 5.69 Å². The molecule has 0 fully saturated rings. The number of anilines is 1. The lowest BCUT2D eigenvalue weighted by Crippen LogP contribution is -2.26. The number of rotatable bonds is 8. The molecule has 0 aliphatic heterocycles. The van der Waals surface area contributed by atoms with Gasteiger partial charge in [-0.15, -0.1) is 0 Å². The zero-order chi connectivity index (χ0) is 24.2. The van der Waals surface area contributed by atoms with Crippen LogP contribution in [0, 0.1) is 6.92 Å². The minimum Gasteiger partial charge on any atom is -0.493 e. The number of hydrogen-bond donors (Lipinski definition) is 1. The van der Waals surface area contributed by atoms with Crippen molar-refractivity contribution >= 4 is 33.2 Å². The van der Waals surface area contributed by atoms with E-state index in [1.807, 2.05) is 12.1 Å². The summed E-state index contributed by atoms with van der Waals surface area (Å²) in [7, 11) is 0.713. The Morgan fingerprint density at radius 2 is 1.70 bits per heavy atom. The average molecular weight is 489 g/mol. The van der Waals surface area contributed by atoms with Gasteiger partial charge in [-0.05, 0) is 54.4 Å². The predicted molar refractivity (Wildman–Crippen MR) is 129 cm³/mol. The number of halogens is 1. The largest absolute Gasteiger partial charge is 0.493 e. The summed E-state index contributed by atoms with van der Waals surface area (Å²) >= 11 is 6.19. The number of nitrogens with one attached hydrogen (secondary N) is 1. The molecular weight excluding hydrogens is 464 g/mol. The maximum absolute atomic E-state index is 13.0. The van der Waals surface area contributed by atoms with Crippen molar-refractivity contribution in [2.24, 2.45) is 0 Å². The maximum Gasteiger partial charge on any atom is 0.263 e. The first-order chi connectivity index (χ1) is 15.7. The molecule has 33 heavy (non-hydrogen) atoms. The first kappa shape index (κ1) is 24.4. The molecule has 174 valence electrons. The summed E-state index contributed by atoms with van der Waals surface area (Å²) in [5.74, 6) is 0.788. The minimum atomic E-state index is -4.01. The lowest BCUT2D eigenvalue weighted by molar-refractivity contribution is 0.0784. The van der Waals surface area contributed by atoms with Gasteiger partial charge in [0.1, 0.15) is 4.90 Å². The summed E-state index contributed by atoms with van der Waals surface area (Å²) in [5, 5.41) is 0.0233. The molecule has 0 atom stereocenters. The van der Waals surface area contributed by atoms with Gasteiger partial charge in [0.05, 0.1) is 24.9 Å². The van der Waals surface area contributed by atoms with Crippen LogP contribution >= 0.6 is 11.6 Å². The van der Waals surface area contributed by atoms with Crippen molar-refractivity contribution in [3.05, 3.63) is 82.4 Å². The monoisotopic (exact) mass is 488 g/mol. The lowest BCUT2D eigenvalue weighted by atomic mass is 10.1. The van der Waals surface area contributed by atoms with Gasteiger partial charge in [0.25, 0.3) is 15.9 Å². The van der Waals surface area contributed by atoms with Gasteiger partial charge in [-0.25, -0.2) is 8.42 Å². The molecular formula is C24H25ClN2O5S. The first-order valence-corrected chi connectivity index (χ1v) is 11.9. The number of carbonyl (C=O) groups is 1. The Hall–Kier alpha value is -3.23. The number of carbonyl (C=O) groups excluding carboxylic acids is 1. The summed E-state index contributed by atoms with van der Waals surface area (Å²) in [6, 6.07) is 16.6. The van der Waals surface area contributed by atoms with Crippen molar-refractivity contribution in [3.8, 4) is 11.5 Å². The van der Waals surface area contributed by atoms with E-state index in [1.54, 1.807) is 51.4 Å². The van der Waals surface area contributed by atoms with Crippen LogP contribution in [-0.4, -0.2) is 40.5 Å². The van der Waals surface area contributed by atoms with Gasteiger partial charge in [-0.3, -0.25) is 9.52 Å². The Bertz CT molecular complexity index is 1280. The molecule has 9 heteroatoms. The van der Waals surface area contributed by atoms with Crippen LogP contribution in [-0.2, 0) is 16.6 Å². The zero-order valence-electron chi connectivity index (χ0n) is 18.8. The van der Waals surface area contributed by atoms with Crippen molar-refractivity contribution in [2.45, 2.75) is 18.4 Å². The van der Waals surface area contributed by atoms with E-state index in [0.29, 0.717) is 17.2 Å². The van der Waals surface area contributed by atoms with Crippen molar-refractivity contribution < 1.29 is 22.7 Å². The number of sulfonamides is 1. The fourth-order valence-corrected chi connectivity index (χ4v) is 4.93. The van der Waals surface area contributed by atoms with Gasteiger partial charge in [0.2, 0.25) is 0 Å². The Morgan fingerprint density at radius 3 is 2.36 bits per heavy atom. The van der Waals surface area contributed by atoms with Crippen LogP contribution in [0.15, 0.2) is 65.6 Å². The molecule has 0 spiro atoms. The van der Waals surface area contributed by atoms with Gasteiger partial charge in [0.15, 0.2) is 11.5 Å². The maximum atomic E-state index is 13.0. The summed E-state index contributed by atoms with van der Waals surface area (Å²) in [5.41, 5.74) is 2.23. The predicted octanol–water partition coefficient (Wildman–Crippen LogP) is 4.74. The third-order valence-electron chi connectivity index (χ3n) is 5.07. The van der Waals surface area contributed by atoms with E-state index in [9.17, 15) is 13.2 Å². The van der Waals surface area contributed by atoms with Crippen LogP contribution in [0.2, 0.25) is 5.02 Å². The Labute approximate surface area is 198 Å². The minimum absolute atomic E-state index is 0.0233. The molecule has 3 aromatic carbocycles. The molecule has 0 unspecified atom stereocenters. The summed E-state index contributed by atoms with van der Waals surface area (Å²) in [6.45, 7) is 2.08. The fourth-order valence-electron chi connectivity index (χ4n) is 3.27. The van der Waals surface area contributed by atoms with Gasteiger partial charge < -0.3 is 14.4 Å². The van der Waals surface area contributed by atoms with Gasteiger partial charge >= 0.3 is 0 Å². The second-order valence-electron chi connectivity index (χ2n) is 7.42. The quantitative estimate of drug-likeness (QED) is 0.495. The van der Waals surface area contributed by atoms with Gasteiger partial charge in [-0.2, -0.15) is 0 Å². The molecule has 3 rings (SSSR count). The number of hydrogen-bond acceptors (Lipinski definition) is 5. The Kier molecular flexibility index (Phi) is 7.50. The van der Waals surface area contributed by atoms with Crippen molar-refractivity contribution in [2.75, 3.05) is 26.0 Å². The molecule has 3 aromatic rings. The number of methoxy groups -OCH3 is 2. The molecule has 0 radical (unpaired) electrons. The number of ether oxygens (including phenoxy) is 2. The number of amides is 1. The number of aryl methyl sites for hydroxylation is 1. The normalized spacial score (nSPS) is 11.1. The number of para-hydroxylation sites is 1. The van der Waals surface area contributed by atoms with E-state index in [1.165, 1.54) is 30.2 Å². The fraction of sp³-hybridized carbons (Fsp3) is 0.208. The number of benzene rings is 3. The molecule has 0 aliphatic rings.